The Balaban J connectivity index is 0.00000192. The summed E-state index contributed by atoms with van der Waals surface area (Å²) in [6.07, 6.45) is 0. The number of aryl methyl sites for hydroxylation is 1. The molecule has 0 radical (unpaired) electrons. The zero-order valence-electron chi connectivity index (χ0n) is 13.9. The van der Waals surface area contributed by atoms with Crippen LogP contribution in [0.2, 0.25) is 0 Å². The van der Waals surface area contributed by atoms with Gasteiger partial charge in [-0.3, -0.25) is 0 Å². The van der Waals surface area contributed by atoms with E-state index >= 15 is 0 Å². The number of rotatable bonds is 4. The highest BCUT2D eigenvalue weighted by molar-refractivity contribution is 6.08. The Kier molecular flexibility index (Phi) is 5.04. The summed E-state index contributed by atoms with van der Waals surface area (Å²) in [6, 6.07) is 14.7. The monoisotopic (exact) mass is 332 g/mol. The normalized spacial score (nSPS) is 13.3. The lowest BCUT2D eigenvalue weighted by atomic mass is 9.81. The largest absolute Gasteiger partial charge is 0.396 e. The van der Waals surface area contributed by atoms with Crippen molar-refractivity contribution in [3.05, 3.63) is 48.0 Å². The quantitative estimate of drug-likeness (QED) is 0.750. The third kappa shape index (κ3) is 2.85. The molecule has 1 heterocycles. The number of nitrogens with two attached hydrogens (primary N) is 1. The van der Waals surface area contributed by atoms with Crippen LogP contribution in [0, 0.1) is 5.41 Å². The fourth-order valence-corrected chi connectivity index (χ4v) is 3.15. The molecule has 3 rings (SSSR count). The highest BCUT2D eigenvalue weighted by Crippen LogP contribution is 2.35. The van der Waals surface area contributed by atoms with Gasteiger partial charge >= 0.3 is 0 Å². The van der Waals surface area contributed by atoms with E-state index in [-0.39, 0.29) is 30.5 Å². The minimum atomic E-state index is -0.337. The van der Waals surface area contributed by atoms with Crippen LogP contribution in [0.15, 0.2) is 42.5 Å². The molecule has 0 aliphatic rings. The van der Waals surface area contributed by atoms with Gasteiger partial charge in [-0.2, -0.15) is 0 Å². The minimum Gasteiger partial charge on any atom is -0.396 e. The van der Waals surface area contributed by atoms with Gasteiger partial charge < -0.3 is 15.4 Å². The maximum absolute atomic E-state index is 9.57. The molecule has 3 nitrogen and oxygen atoms in total. The molecular weight excluding hydrogens is 308 g/mol. The fourth-order valence-electron chi connectivity index (χ4n) is 3.15. The van der Waals surface area contributed by atoms with Crippen LogP contribution < -0.4 is 5.73 Å². The maximum Gasteiger partial charge on any atom is 0.0500 e. The maximum atomic E-state index is 9.57. The predicted molar refractivity (Wildman–Crippen MR) is 100 cm³/mol. The molecule has 0 saturated heterocycles. The number of hydrogen-bond donors (Lipinski definition) is 2. The van der Waals surface area contributed by atoms with Gasteiger partial charge in [-0.15, -0.1) is 12.4 Å². The van der Waals surface area contributed by atoms with E-state index in [0.29, 0.717) is 0 Å². The first-order valence-electron chi connectivity index (χ1n) is 7.87. The Labute approximate surface area is 143 Å². The third-order valence-corrected chi connectivity index (χ3v) is 4.72. The number of aliphatic hydroxyl groups is 1. The number of aliphatic hydroxyl groups excluding tert-OH is 1. The van der Waals surface area contributed by atoms with Crippen molar-refractivity contribution in [2.24, 2.45) is 11.1 Å². The molecule has 1 atom stereocenters. The lowest BCUT2D eigenvalue weighted by Gasteiger charge is -2.29. The summed E-state index contributed by atoms with van der Waals surface area (Å²) < 4.78 is 2.33. The molecule has 0 saturated carbocycles. The zero-order valence-corrected chi connectivity index (χ0v) is 14.7. The van der Waals surface area contributed by atoms with Gasteiger partial charge in [-0.25, -0.2) is 0 Å². The first-order valence-corrected chi connectivity index (χ1v) is 7.87. The minimum absolute atomic E-state index is 0. The van der Waals surface area contributed by atoms with Gasteiger partial charge in [0.05, 0.1) is 0 Å². The molecule has 0 aliphatic heterocycles. The van der Waals surface area contributed by atoms with Crippen LogP contribution in [-0.2, 0) is 6.54 Å². The standard InChI is InChI=1S/C19H24N2O.ClH/c1-4-21-16-8-6-5-7-14(16)15-11-13(9-10-17(15)21)18(20)19(2,3)12-22;/h5-11,18,22H,4,12,20H2,1-3H3;1H/t18-;/m0./s1. The van der Waals surface area contributed by atoms with E-state index < -0.39 is 0 Å². The van der Waals surface area contributed by atoms with Crippen molar-refractivity contribution in [2.45, 2.75) is 33.4 Å². The van der Waals surface area contributed by atoms with Crippen LogP contribution in [0.25, 0.3) is 21.8 Å². The van der Waals surface area contributed by atoms with Crippen LogP contribution in [0.3, 0.4) is 0 Å². The zero-order chi connectivity index (χ0) is 15.9. The molecule has 0 spiro atoms. The lowest BCUT2D eigenvalue weighted by molar-refractivity contribution is 0.132. The molecule has 124 valence electrons. The van der Waals surface area contributed by atoms with E-state index in [2.05, 4.69) is 54.0 Å². The molecule has 0 fully saturated rings. The first-order chi connectivity index (χ1) is 10.5. The van der Waals surface area contributed by atoms with E-state index in [4.69, 9.17) is 5.73 Å². The van der Waals surface area contributed by atoms with E-state index in [1.165, 1.54) is 21.8 Å². The molecule has 23 heavy (non-hydrogen) atoms. The van der Waals surface area contributed by atoms with Crippen LogP contribution in [0.4, 0.5) is 0 Å². The third-order valence-electron chi connectivity index (χ3n) is 4.72. The van der Waals surface area contributed by atoms with E-state index in [0.717, 1.165) is 12.1 Å². The summed E-state index contributed by atoms with van der Waals surface area (Å²) in [6.45, 7) is 7.18. The van der Waals surface area contributed by atoms with Crippen molar-refractivity contribution >= 4 is 34.2 Å². The van der Waals surface area contributed by atoms with E-state index in [9.17, 15) is 5.11 Å². The van der Waals surface area contributed by atoms with Crippen LogP contribution in [-0.4, -0.2) is 16.3 Å². The molecule has 3 aromatic rings. The molecule has 0 bridgehead atoms. The van der Waals surface area contributed by atoms with Crippen molar-refractivity contribution in [3.63, 3.8) is 0 Å². The highest BCUT2D eigenvalue weighted by Gasteiger charge is 2.27. The molecular formula is C19H25ClN2O. The lowest BCUT2D eigenvalue weighted by Crippen LogP contribution is -2.32. The Bertz CT molecular complexity index is 823. The molecule has 1 aromatic heterocycles. The number of benzene rings is 2. The van der Waals surface area contributed by atoms with Crippen LogP contribution in [0.5, 0.6) is 0 Å². The predicted octanol–water partition coefficient (Wildman–Crippen LogP) is 4.25. The Morgan fingerprint density at radius 2 is 1.74 bits per heavy atom. The summed E-state index contributed by atoms with van der Waals surface area (Å²) in [4.78, 5) is 0. The summed E-state index contributed by atoms with van der Waals surface area (Å²) >= 11 is 0. The second kappa shape index (κ2) is 6.52. The smallest absolute Gasteiger partial charge is 0.0500 e. The van der Waals surface area contributed by atoms with Gasteiger partial charge in [-0.1, -0.05) is 38.1 Å². The molecule has 2 aromatic carbocycles. The van der Waals surface area contributed by atoms with Gasteiger partial charge in [-0.05, 0) is 30.7 Å². The summed E-state index contributed by atoms with van der Waals surface area (Å²) in [7, 11) is 0. The van der Waals surface area contributed by atoms with Crippen molar-refractivity contribution < 1.29 is 5.11 Å². The second-order valence-electron chi connectivity index (χ2n) is 6.66. The van der Waals surface area contributed by atoms with Crippen LogP contribution in [0.1, 0.15) is 32.4 Å². The number of para-hydroxylation sites is 1. The first kappa shape index (κ1) is 17.8. The Hall–Kier alpha value is -1.55. The molecule has 0 unspecified atom stereocenters. The van der Waals surface area contributed by atoms with Gasteiger partial charge in [0.2, 0.25) is 0 Å². The fraction of sp³-hybridized carbons (Fsp3) is 0.368. The molecule has 3 N–H and O–H groups in total. The second-order valence-corrected chi connectivity index (χ2v) is 6.66. The molecule has 0 amide bonds. The van der Waals surface area contributed by atoms with Gasteiger partial charge in [0.25, 0.3) is 0 Å². The number of halogens is 1. The van der Waals surface area contributed by atoms with Crippen molar-refractivity contribution in [3.8, 4) is 0 Å². The Morgan fingerprint density at radius 1 is 1.09 bits per heavy atom. The number of nitrogens with zero attached hydrogens (tertiary/aromatic N) is 1. The van der Waals surface area contributed by atoms with Gasteiger partial charge in [0.15, 0.2) is 0 Å². The number of aromatic nitrogens is 1. The number of hydrogen-bond acceptors (Lipinski definition) is 2. The van der Waals surface area contributed by atoms with Gasteiger partial charge in [0, 0.05) is 46.4 Å². The van der Waals surface area contributed by atoms with Gasteiger partial charge in [0.1, 0.15) is 0 Å². The average molecular weight is 333 g/mol. The molecule has 0 aliphatic carbocycles. The summed E-state index contributed by atoms with van der Waals surface area (Å²) in [5.41, 5.74) is 9.62. The Morgan fingerprint density at radius 3 is 2.39 bits per heavy atom. The molecule has 4 heteroatoms. The number of fused-ring (bicyclic) bond motifs is 3. The van der Waals surface area contributed by atoms with Crippen molar-refractivity contribution in [1.82, 2.24) is 4.57 Å². The topological polar surface area (TPSA) is 51.2 Å². The highest BCUT2D eigenvalue weighted by atomic mass is 35.5. The average Bonchev–Trinajstić information content (AvgIpc) is 2.87. The van der Waals surface area contributed by atoms with Crippen molar-refractivity contribution in [1.29, 1.82) is 0 Å². The SMILES string of the molecule is CCn1c2ccccc2c2cc([C@H](N)C(C)(C)CO)ccc21.Cl. The van der Waals surface area contributed by atoms with E-state index in [1.807, 2.05) is 13.8 Å². The summed E-state index contributed by atoms with van der Waals surface area (Å²) in [5.74, 6) is 0. The van der Waals surface area contributed by atoms with E-state index in [1.54, 1.807) is 0 Å². The summed E-state index contributed by atoms with van der Waals surface area (Å²) in [5, 5.41) is 12.1. The van der Waals surface area contributed by atoms with Crippen LogP contribution >= 0.6 is 12.4 Å². The van der Waals surface area contributed by atoms with Crippen molar-refractivity contribution in [2.75, 3.05) is 6.61 Å².